The minimum absolute atomic E-state index is 0.0500. The largest absolute Gasteiger partial charge is 0.494 e. The fourth-order valence-corrected chi connectivity index (χ4v) is 2.66. The highest BCUT2D eigenvalue weighted by Crippen LogP contribution is 2.17. The zero-order valence-corrected chi connectivity index (χ0v) is 14.3. The number of hydrogen-bond acceptors (Lipinski definition) is 4. The van der Waals surface area contributed by atoms with Crippen molar-refractivity contribution in [2.45, 2.75) is 12.5 Å². The summed E-state index contributed by atoms with van der Waals surface area (Å²) < 4.78 is 11.3. The average molecular weight is 355 g/mol. The Balaban J connectivity index is 1.32. The minimum atomic E-state index is -1.00. The van der Waals surface area contributed by atoms with Crippen LogP contribution in [0, 0.1) is 0 Å². The number of carboxylic acid groups (broad SMARTS) is 1. The highest BCUT2D eigenvalue weighted by molar-refractivity contribution is 5.96. The first-order chi connectivity index (χ1) is 12.6. The van der Waals surface area contributed by atoms with Crippen LogP contribution in [0.15, 0.2) is 54.6 Å². The van der Waals surface area contributed by atoms with Gasteiger partial charge < -0.3 is 19.5 Å². The van der Waals surface area contributed by atoms with Gasteiger partial charge in [-0.2, -0.15) is 0 Å². The third kappa shape index (κ3) is 4.61. The van der Waals surface area contributed by atoms with Gasteiger partial charge in [-0.15, -0.1) is 0 Å². The van der Waals surface area contributed by atoms with Crippen LogP contribution >= 0.6 is 0 Å². The second kappa shape index (κ2) is 8.49. The molecular formula is C20H21NO5. The molecule has 26 heavy (non-hydrogen) atoms. The van der Waals surface area contributed by atoms with E-state index in [-0.39, 0.29) is 17.6 Å². The summed E-state index contributed by atoms with van der Waals surface area (Å²) in [5.74, 6) is -0.256. The Bertz CT molecular complexity index is 739. The molecule has 0 saturated carbocycles. The molecular weight excluding hydrogens is 334 g/mol. The Labute approximate surface area is 152 Å². The van der Waals surface area contributed by atoms with Crippen LogP contribution in [0.4, 0.5) is 0 Å². The maximum atomic E-state index is 12.3. The van der Waals surface area contributed by atoms with E-state index >= 15 is 0 Å². The number of ether oxygens (including phenoxy) is 2. The van der Waals surface area contributed by atoms with Crippen molar-refractivity contribution in [3.63, 3.8) is 0 Å². The lowest BCUT2D eigenvalue weighted by molar-refractivity contribution is -0.0449. The number of para-hydroxylation sites is 1. The lowest BCUT2D eigenvalue weighted by atomic mass is 10.1. The minimum Gasteiger partial charge on any atom is -0.494 e. The average Bonchev–Trinajstić information content (AvgIpc) is 2.63. The third-order valence-corrected chi connectivity index (χ3v) is 4.17. The summed E-state index contributed by atoms with van der Waals surface area (Å²) in [6.45, 7) is 2.29. The molecule has 1 amide bonds. The van der Waals surface area contributed by atoms with Crippen molar-refractivity contribution < 1.29 is 24.2 Å². The lowest BCUT2D eigenvalue weighted by Gasteiger charge is -2.39. The number of carboxylic acids is 1. The first kappa shape index (κ1) is 17.9. The Kier molecular flexibility index (Phi) is 5.86. The third-order valence-electron chi connectivity index (χ3n) is 4.17. The van der Waals surface area contributed by atoms with Crippen LogP contribution in [0.5, 0.6) is 5.75 Å². The summed E-state index contributed by atoms with van der Waals surface area (Å²) in [7, 11) is 0. The van der Waals surface area contributed by atoms with Crippen molar-refractivity contribution in [1.29, 1.82) is 0 Å². The summed E-state index contributed by atoms with van der Waals surface area (Å²) >= 11 is 0. The van der Waals surface area contributed by atoms with Crippen molar-refractivity contribution in [3.05, 3.63) is 65.7 Å². The normalized spacial score (nSPS) is 13.9. The molecule has 0 radical (unpaired) electrons. The molecule has 1 saturated heterocycles. The predicted octanol–water partition coefficient (Wildman–Crippen LogP) is 2.69. The second-order valence-corrected chi connectivity index (χ2v) is 6.10. The van der Waals surface area contributed by atoms with Crippen LogP contribution in [0.25, 0.3) is 0 Å². The summed E-state index contributed by atoms with van der Waals surface area (Å²) in [6, 6.07) is 15.6. The molecule has 2 aromatic rings. The highest BCUT2D eigenvalue weighted by Gasteiger charge is 2.31. The Morgan fingerprint density at radius 2 is 1.62 bits per heavy atom. The number of likely N-dealkylation sites (tertiary alicyclic amines) is 1. The van der Waals surface area contributed by atoms with Crippen molar-refractivity contribution in [1.82, 2.24) is 4.90 Å². The summed E-state index contributed by atoms with van der Waals surface area (Å²) in [5.41, 5.74) is 0.661. The van der Waals surface area contributed by atoms with E-state index in [0.29, 0.717) is 31.9 Å². The smallest absolute Gasteiger partial charge is 0.335 e. The van der Waals surface area contributed by atoms with E-state index in [0.717, 1.165) is 12.2 Å². The molecule has 0 aromatic heterocycles. The SMILES string of the molecule is O=C(O)c1ccc(C(=O)N2CC(OCCCOc3ccccc3)C2)cc1. The van der Waals surface area contributed by atoms with E-state index in [1.807, 2.05) is 30.3 Å². The van der Waals surface area contributed by atoms with Gasteiger partial charge in [0.25, 0.3) is 5.91 Å². The molecule has 3 rings (SSSR count). The molecule has 0 atom stereocenters. The number of rotatable bonds is 8. The molecule has 0 unspecified atom stereocenters. The topological polar surface area (TPSA) is 76.1 Å². The predicted molar refractivity (Wildman–Crippen MR) is 95.6 cm³/mol. The van der Waals surface area contributed by atoms with Gasteiger partial charge >= 0.3 is 5.97 Å². The molecule has 1 aliphatic rings. The molecule has 1 aliphatic heterocycles. The van der Waals surface area contributed by atoms with E-state index in [2.05, 4.69) is 0 Å². The summed E-state index contributed by atoms with van der Waals surface area (Å²) in [5, 5.41) is 8.88. The maximum Gasteiger partial charge on any atom is 0.335 e. The molecule has 0 spiro atoms. The molecule has 1 heterocycles. The van der Waals surface area contributed by atoms with E-state index in [4.69, 9.17) is 14.6 Å². The van der Waals surface area contributed by atoms with E-state index in [1.54, 1.807) is 17.0 Å². The number of nitrogens with zero attached hydrogens (tertiary/aromatic N) is 1. The highest BCUT2D eigenvalue weighted by atomic mass is 16.5. The van der Waals surface area contributed by atoms with Crippen LogP contribution < -0.4 is 4.74 Å². The van der Waals surface area contributed by atoms with Gasteiger partial charge in [-0.3, -0.25) is 4.79 Å². The number of benzene rings is 2. The van der Waals surface area contributed by atoms with E-state index in [9.17, 15) is 9.59 Å². The van der Waals surface area contributed by atoms with Crippen molar-refractivity contribution in [2.75, 3.05) is 26.3 Å². The van der Waals surface area contributed by atoms with E-state index in [1.165, 1.54) is 12.1 Å². The van der Waals surface area contributed by atoms with Gasteiger partial charge in [0.05, 0.1) is 24.9 Å². The fourth-order valence-electron chi connectivity index (χ4n) is 2.66. The Morgan fingerprint density at radius 3 is 2.27 bits per heavy atom. The van der Waals surface area contributed by atoms with Crippen LogP contribution in [0.3, 0.4) is 0 Å². The van der Waals surface area contributed by atoms with Crippen LogP contribution in [0.2, 0.25) is 0 Å². The number of carbonyl (C=O) groups excluding carboxylic acids is 1. The van der Waals surface area contributed by atoms with Crippen LogP contribution in [-0.4, -0.2) is 54.3 Å². The first-order valence-electron chi connectivity index (χ1n) is 8.55. The Morgan fingerprint density at radius 1 is 0.962 bits per heavy atom. The summed E-state index contributed by atoms with van der Waals surface area (Å²) in [6.07, 6.45) is 0.838. The molecule has 0 aliphatic carbocycles. The molecule has 136 valence electrons. The van der Waals surface area contributed by atoms with Gasteiger partial charge in [0.1, 0.15) is 5.75 Å². The number of aromatic carboxylic acids is 1. The van der Waals surface area contributed by atoms with Crippen molar-refractivity contribution >= 4 is 11.9 Å². The quantitative estimate of drug-likeness (QED) is 0.737. The molecule has 6 nitrogen and oxygen atoms in total. The van der Waals surface area contributed by atoms with Crippen molar-refractivity contribution in [2.24, 2.45) is 0 Å². The van der Waals surface area contributed by atoms with Crippen LogP contribution in [0.1, 0.15) is 27.1 Å². The van der Waals surface area contributed by atoms with E-state index < -0.39 is 5.97 Å². The monoisotopic (exact) mass is 355 g/mol. The summed E-state index contributed by atoms with van der Waals surface area (Å²) in [4.78, 5) is 24.8. The fraction of sp³-hybridized carbons (Fsp3) is 0.300. The zero-order chi connectivity index (χ0) is 18.4. The van der Waals surface area contributed by atoms with Crippen LogP contribution in [-0.2, 0) is 4.74 Å². The zero-order valence-electron chi connectivity index (χ0n) is 14.3. The first-order valence-corrected chi connectivity index (χ1v) is 8.55. The molecule has 2 aromatic carbocycles. The van der Waals surface area contributed by atoms with Gasteiger partial charge in [0.2, 0.25) is 0 Å². The standard InChI is InChI=1S/C20H21NO5/c22-19(15-7-9-16(10-8-15)20(23)24)21-13-18(14-21)26-12-4-11-25-17-5-2-1-3-6-17/h1-3,5-10,18H,4,11-14H2,(H,23,24). The van der Waals surface area contributed by atoms with Gasteiger partial charge in [-0.25, -0.2) is 4.79 Å². The number of amides is 1. The molecule has 1 fully saturated rings. The molecule has 6 heteroatoms. The number of hydrogen-bond donors (Lipinski definition) is 1. The number of carbonyl (C=O) groups is 2. The maximum absolute atomic E-state index is 12.3. The Hall–Kier alpha value is -2.86. The van der Waals surface area contributed by atoms with Gasteiger partial charge in [0, 0.05) is 25.1 Å². The lowest BCUT2D eigenvalue weighted by Crippen LogP contribution is -2.54. The van der Waals surface area contributed by atoms with Crippen molar-refractivity contribution in [3.8, 4) is 5.75 Å². The van der Waals surface area contributed by atoms with Gasteiger partial charge in [-0.05, 0) is 36.4 Å². The second-order valence-electron chi connectivity index (χ2n) is 6.10. The molecule has 0 bridgehead atoms. The van der Waals surface area contributed by atoms with Gasteiger partial charge in [-0.1, -0.05) is 18.2 Å². The van der Waals surface area contributed by atoms with Gasteiger partial charge in [0.15, 0.2) is 0 Å². The molecule has 1 N–H and O–H groups in total.